The highest BCUT2D eigenvalue weighted by atomic mass is 19.1. The lowest BCUT2D eigenvalue weighted by Crippen LogP contribution is -2.55. The highest BCUT2D eigenvalue weighted by Crippen LogP contribution is 2.07. The number of benzene rings is 1. The molecule has 1 aromatic rings. The van der Waals surface area contributed by atoms with Crippen LogP contribution in [0.15, 0.2) is 24.3 Å². The summed E-state index contributed by atoms with van der Waals surface area (Å²) in [5.41, 5.74) is 0.868. The lowest BCUT2D eigenvalue weighted by atomic mass is 10.2. The first-order chi connectivity index (χ1) is 12.3. The van der Waals surface area contributed by atoms with Crippen LogP contribution in [0, 0.1) is 5.82 Å². The van der Waals surface area contributed by atoms with Crippen LogP contribution in [0.1, 0.15) is 26.3 Å². The van der Waals surface area contributed by atoms with Gasteiger partial charge in [0.2, 0.25) is 11.8 Å². The van der Waals surface area contributed by atoms with E-state index in [0.29, 0.717) is 13.1 Å². The first-order valence-electron chi connectivity index (χ1n) is 9.13. The molecule has 0 bridgehead atoms. The SMILES string of the molecule is CC(C)NC(=O)CN1CCN(C(C)C(=O)NCc2ccc(F)cc2)CC1. The molecule has 26 heavy (non-hydrogen) atoms. The third-order valence-electron chi connectivity index (χ3n) is 4.53. The molecule has 1 atom stereocenters. The van der Waals surface area contributed by atoms with Gasteiger partial charge >= 0.3 is 0 Å². The van der Waals surface area contributed by atoms with Gasteiger partial charge in [0, 0.05) is 38.8 Å². The van der Waals surface area contributed by atoms with Crippen molar-refractivity contribution in [1.82, 2.24) is 20.4 Å². The standard InChI is InChI=1S/C19H29FN4O2/c1-14(2)22-18(25)13-23-8-10-24(11-9-23)15(3)19(26)21-12-16-4-6-17(20)7-5-16/h4-7,14-15H,8-13H2,1-3H3,(H,21,26)(H,22,25). The largest absolute Gasteiger partial charge is 0.353 e. The molecule has 1 saturated heterocycles. The highest BCUT2D eigenvalue weighted by molar-refractivity contribution is 5.81. The van der Waals surface area contributed by atoms with Crippen molar-refractivity contribution >= 4 is 11.8 Å². The van der Waals surface area contributed by atoms with Crippen LogP contribution in [0.5, 0.6) is 0 Å². The molecule has 7 heteroatoms. The van der Waals surface area contributed by atoms with E-state index < -0.39 is 0 Å². The number of amides is 2. The fourth-order valence-corrected chi connectivity index (χ4v) is 2.98. The van der Waals surface area contributed by atoms with Gasteiger partial charge in [-0.1, -0.05) is 12.1 Å². The monoisotopic (exact) mass is 364 g/mol. The van der Waals surface area contributed by atoms with Gasteiger partial charge in [-0.3, -0.25) is 19.4 Å². The van der Waals surface area contributed by atoms with E-state index in [-0.39, 0.29) is 29.7 Å². The van der Waals surface area contributed by atoms with Gasteiger partial charge in [0.05, 0.1) is 12.6 Å². The Morgan fingerprint density at radius 1 is 1.08 bits per heavy atom. The minimum Gasteiger partial charge on any atom is -0.353 e. The summed E-state index contributed by atoms with van der Waals surface area (Å²) in [5, 5.41) is 5.80. The molecule has 0 aromatic heterocycles. The zero-order valence-corrected chi connectivity index (χ0v) is 15.8. The second-order valence-electron chi connectivity index (χ2n) is 7.05. The molecular weight excluding hydrogens is 335 g/mol. The van der Waals surface area contributed by atoms with Gasteiger partial charge in [-0.2, -0.15) is 0 Å². The highest BCUT2D eigenvalue weighted by Gasteiger charge is 2.26. The molecule has 1 aliphatic rings. The minimum atomic E-state index is -0.284. The van der Waals surface area contributed by atoms with Gasteiger partial charge in [-0.15, -0.1) is 0 Å². The second kappa shape index (κ2) is 9.64. The number of rotatable bonds is 7. The lowest BCUT2D eigenvalue weighted by molar-refractivity contribution is -0.128. The van der Waals surface area contributed by atoms with Crippen molar-refractivity contribution in [3.8, 4) is 0 Å². The number of carbonyl (C=O) groups excluding carboxylic acids is 2. The van der Waals surface area contributed by atoms with E-state index in [1.807, 2.05) is 20.8 Å². The summed E-state index contributed by atoms with van der Waals surface area (Å²) >= 11 is 0. The maximum atomic E-state index is 12.9. The third-order valence-corrected chi connectivity index (χ3v) is 4.53. The fourth-order valence-electron chi connectivity index (χ4n) is 2.98. The first kappa shape index (κ1) is 20.3. The van der Waals surface area contributed by atoms with Gasteiger partial charge in [0.15, 0.2) is 0 Å². The third kappa shape index (κ3) is 6.38. The van der Waals surface area contributed by atoms with E-state index in [1.165, 1.54) is 12.1 Å². The summed E-state index contributed by atoms with van der Waals surface area (Å²) in [6, 6.07) is 6.03. The van der Waals surface area contributed by atoms with E-state index in [1.54, 1.807) is 12.1 Å². The predicted octanol–water partition coefficient (Wildman–Crippen LogP) is 0.973. The summed E-state index contributed by atoms with van der Waals surface area (Å²) in [6.45, 7) is 9.60. The Labute approximate surface area is 154 Å². The summed E-state index contributed by atoms with van der Waals surface area (Å²) in [4.78, 5) is 28.4. The Kier molecular flexibility index (Phi) is 7.53. The maximum absolute atomic E-state index is 12.9. The molecule has 1 heterocycles. The van der Waals surface area contributed by atoms with Crippen LogP contribution in [0.4, 0.5) is 4.39 Å². The van der Waals surface area contributed by atoms with Crippen molar-refractivity contribution in [2.24, 2.45) is 0 Å². The average Bonchev–Trinajstić information content (AvgIpc) is 2.60. The Balaban J connectivity index is 1.73. The number of nitrogens with zero attached hydrogens (tertiary/aromatic N) is 2. The zero-order valence-electron chi connectivity index (χ0n) is 15.8. The van der Waals surface area contributed by atoms with E-state index in [9.17, 15) is 14.0 Å². The molecule has 0 radical (unpaired) electrons. The number of nitrogens with one attached hydrogen (secondary N) is 2. The van der Waals surface area contributed by atoms with Crippen LogP contribution in [-0.2, 0) is 16.1 Å². The van der Waals surface area contributed by atoms with Crippen molar-refractivity contribution in [2.75, 3.05) is 32.7 Å². The lowest BCUT2D eigenvalue weighted by Gasteiger charge is -2.37. The summed E-state index contributed by atoms with van der Waals surface area (Å²) in [7, 11) is 0. The number of hydrogen-bond donors (Lipinski definition) is 2. The van der Waals surface area contributed by atoms with Crippen LogP contribution in [0.25, 0.3) is 0 Å². The first-order valence-corrected chi connectivity index (χ1v) is 9.13. The zero-order chi connectivity index (χ0) is 19.1. The van der Waals surface area contributed by atoms with E-state index in [0.717, 1.165) is 31.7 Å². The summed E-state index contributed by atoms with van der Waals surface area (Å²) in [5.74, 6) is -0.285. The van der Waals surface area contributed by atoms with Crippen LogP contribution in [-0.4, -0.2) is 66.4 Å². The molecule has 1 fully saturated rings. The quantitative estimate of drug-likeness (QED) is 0.757. The molecule has 1 aromatic carbocycles. The molecule has 1 unspecified atom stereocenters. The second-order valence-corrected chi connectivity index (χ2v) is 7.05. The van der Waals surface area contributed by atoms with Crippen molar-refractivity contribution in [3.63, 3.8) is 0 Å². The van der Waals surface area contributed by atoms with Crippen LogP contribution >= 0.6 is 0 Å². The van der Waals surface area contributed by atoms with Gasteiger partial charge in [0.25, 0.3) is 0 Å². The summed E-state index contributed by atoms with van der Waals surface area (Å²) in [6.07, 6.45) is 0. The Morgan fingerprint density at radius 3 is 2.27 bits per heavy atom. The number of carbonyl (C=O) groups is 2. The predicted molar refractivity (Wildman–Crippen MR) is 99.0 cm³/mol. The van der Waals surface area contributed by atoms with E-state index in [2.05, 4.69) is 20.4 Å². The Morgan fingerprint density at radius 2 is 1.69 bits per heavy atom. The topological polar surface area (TPSA) is 64.7 Å². The molecule has 2 rings (SSSR count). The number of halogens is 1. The average molecular weight is 364 g/mol. The molecule has 6 nitrogen and oxygen atoms in total. The van der Waals surface area contributed by atoms with Gasteiger partial charge < -0.3 is 10.6 Å². The van der Waals surface area contributed by atoms with Crippen LogP contribution in [0.3, 0.4) is 0 Å². The van der Waals surface area contributed by atoms with E-state index >= 15 is 0 Å². The molecule has 144 valence electrons. The maximum Gasteiger partial charge on any atom is 0.237 e. The van der Waals surface area contributed by atoms with Crippen molar-refractivity contribution in [2.45, 2.75) is 39.4 Å². The molecule has 0 saturated carbocycles. The number of piperazine rings is 1. The smallest absolute Gasteiger partial charge is 0.237 e. The molecule has 2 N–H and O–H groups in total. The Bertz CT molecular complexity index is 598. The molecular formula is C19H29FN4O2. The van der Waals surface area contributed by atoms with Crippen molar-refractivity contribution in [1.29, 1.82) is 0 Å². The summed E-state index contributed by atoms with van der Waals surface area (Å²) < 4.78 is 12.9. The van der Waals surface area contributed by atoms with Crippen molar-refractivity contribution in [3.05, 3.63) is 35.6 Å². The van der Waals surface area contributed by atoms with Gasteiger partial charge in [-0.05, 0) is 38.5 Å². The molecule has 0 spiro atoms. The van der Waals surface area contributed by atoms with Gasteiger partial charge in [-0.25, -0.2) is 4.39 Å². The molecule has 0 aliphatic carbocycles. The number of hydrogen-bond acceptors (Lipinski definition) is 4. The minimum absolute atomic E-state index is 0.0403. The van der Waals surface area contributed by atoms with Crippen LogP contribution in [0.2, 0.25) is 0 Å². The van der Waals surface area contributed by atoms with Gasteiger partial charge in [0.1, 0.15) is 5.82 Å². The normalized spacial score (nSPS) is 17.1. The Hall–Kier alpha value is -1.99. The molecule has 2 amide bonds. The fraction of sp³-hybridized carbons (Fsp3) is 0.579. The van der Waals surface area contributed by atoms with Crippen LogP contribution < -0.4 is 10.6 Å². The van der Waals surface area contributed by atoms with E-state index in [4.69, 9.17) is 0 Å². The van der Waals surface area contributed by atoms with Crippen molar-refractivity contribution < 1.29 is 14.0 Å². The molecule has 1 aliphatic heterocycles.